The molecule has 4 rings (SSSR count). The third kappa shape index (κ3) is 8.42. The van der Waals surface area contributed by atoms with Gasteiger partial charge in [0, 0.05) is 61.6 Å². The summed E-state index contributed by atoms with van der Waals surface area (Å²) in [5.74, 6) is 1.95. The van der Waals surface area contributed by atoms with Crippen molar-refractivity contribution in [1.29, 1.82) is 0 Å². The Hall–Kier alpha value is -3.65. The molecular formula is C32H44FN7. The molecule has 0 saturated carbocycles. The number of hydrogen-bond acceptors (Lipinski definition) is 7. The second kappa shape index (κ2) is 14.1. The van der Waals surface area contributed by atoms with Gasteiger partial charge in [0.05, 0.1) is 5.69 Å². The van der Waals surface area contributed by atoms with Crippen molar-refractivity contribution in [2.24, 2.45) is 10.9 Å². The maximum atomic E-state index is 14.9. The number of aromatic nitrogens is 3. The summed E-state index contributed by atoms with van der Waals surface area (Å²) in [6, 6.07) is 7.44. The fourth-order valence-corrected chi connectivity index (χ4v) is 4.36. The number of nitrogens with one attached hydrogen (secondary N) is 1. The average Bonchev–Trinajstić information content (AvgIpc) is 2.88. The number of likely N-dealkylation sites (N-methyl/N-ethyl adjacent to an activating group) is 1. The first-order chi connectivity index (χ1) is 19.0. The van der Waals surface area contributed by atoms with Gasteiger partial charge in [0.2, 0.25) is 5.95 Å². The smallest absolute Gasteiger partial charge is 0.227 e. The molecule has 0 bridgehead atoms. The molecule has 1 saturated heterocycles. The van der Waals surface area contributed by atoms with Crippen LogP contribution in [0.1, 0.15) is 63.9 Å². The van der Waals surface area contributed by atoms with E-state index >= 15 is 0 Å². The van der Waals surface area contributed by atoms with E-state index < -0.39 is 0 Å². The highest BCUT2D eigenvalue weighted by Gasteiger charge is 2.17. The number of allylic oxidation sites excluding steroid dienone is 1. The Morgan fingerprint density at radius 2 is 1.73 bits per heavy atom. The van der Waals surface area contributed by atoms with E-state index in [0.29, 0.717) is 11.6 Å². The lowest BCUT2D eigenvalue weighted by atomic mass is 9.95. The summed E-state index contributed by atoms with van der Waals surface area (Å²) in [4.78, 5) is 22.8. The minimum Gasteiger partial charge on any atom is -0.354 e. The largest absolute Gasteiger partial charge is 0.354 e. The lowest BCUT2D eigenvalue weighted by molar-refractivity contribution is 0.312. The summed E-state index contributed by atoms with van der Waals surface area (Å²) in [5.41, 5.74) is 6.19. The number of benzene rings is 1. The van der Waals surface area contributed by atoms with Crippen LogP contribution in [0.5, 0.6) is 0 Å². The minimum absolute atomic E-state index is 0.337. The van der Waals surface area contributed by atoms with Crippen molar-refractivity contribution >= 4 is 34.4 Å². The Bertz CT molecular complexity index is 1330. The van der Waals surface area contributed by atoms with E-state index in [1.165, 1.54) is 6.07 Å². The molecule has 7 nitrogen and oxygen atoms in total. The number of anilines is 3. The van der Waals surface area contributed by atoms with Gasteiger partial charge in [-0.15, -0.1) is 0 Å². The van der Waals surface area contributed by atoms with E-state index in [0.717, 1.165) is 77.3 Å². The van der Waals surface area contributed by atoms with Crippen molar-refractivity contribution < 1.29 is 4.39 Å². The first-order valence-electron chi connectivity index (χ1n) is 14.0. The van der Waals surface area contributed by atoms with Crippen LogP contribution in [0.15, 0.2) is 47.7 Å². The topological polar surface area (TPSA) is 69.5 Å². The summed E-state index contributed by atoms with van der Waals surface area (Å²) in [7, 11) is 2.14. The van der Waals surface area contributed by atoms with Crippen LogP contribution < -0.4 is 10.2 Å². The van der Waals surface area contributed by atoms with Gasteiger partial charge in [-0.3, -0.25) is 4.99 Å². The molecule has 0 spiro atoms. The third-order valence-electron chi connectivity index (χ3n) is 6.29. The first kappa shape index (κ1) is 30.9. The van der Waals surface area contributed by atoms with Crippen LogP contribution in [0.4, 0.5) is 27.5 Å². The van der Waals surface area contributed by atoms with Gasteiger partial charge in [0.1, 0.15) is 17.3 Å². The second-order valence-electron chi connectivity index (χ2n) is 11.1. The minimum atomic E-state index is -0.337. The van der Waals surface area contributed by atoms with Crippen LogP contribution >= 0.6 is 0 Å². The zero-order chi connectivity index (χ0) is 29.4. The van der Waals surface area contributed by atoms with Crippen LogP contribution in [0.25, 0.3) is 5.57 Å². The van der Waals surface area contributed by atoms with E-state index in [1.54, 1.807) is 12.4 Å². The molecule has 40 heavy (non-hydrogen) atoms. The van der Waals surface area contributed by atoms with Crippen molar-refractivity contribution in [2.75, 3.05) is 43.4 Å². The molecule has 0 unspecified atom stereocenters. The Labute approximate surface area is 239 Å². The van der Waals surface area contributed by atoms with E-state index in [9.17, 15) is 4.39 Å². The molecule has 1 aromatic carbocycles. The van der Waals surface area contributed by atoms with E-state index in [4.69, 9.17) is 4.98 Å². The Morgan fingerprint density at radius 3 is 2.30 bits per heavy atom. The molecule has 3 heterocycles. The Balaban J connectivity index is 0.00000103. The number of piperazine rings is 1. The van der Waals surface area contributed by atoms with Gasteiger partial charge in [-0.1, -0.05) is 26.8 Å². The average molecular weight is 546 g/mol. The highest BCUT2D eigenvalue weighted by atomic mass is 19.1. The molecular weight excluding hydrogens is 501 g/mol. The number of pyridine rings is 1. The Morgan fingerprint density at radius 1 is 1.05 bits per heavy atom. The van der Waals surface area contributed by atoms with Crippen molar-refractivity contribution in [3.05, 3.63) is 70.9 Å². The fraction of sp³-hybridized carbons (Fsp3) is 0.438. The van der Waals surface area contributed by atoms with Gasteiger partial charge >= 0.3 is 0 Å². The fourth-order valence-electron chi connectivity index (χ4n) is 4.36. The van der Waals surface area contributed by atoms with Crippen LogP contribution in [-0.4, -0.2) is 58.8 Å². The molecule has 0 aliphatic carbocycles. The lowest BCUT2D eigenvalue weighted by Gasteiger charge is -2.33. The number of halogens is 1. The first-order valence-corrected chi connectivity index (χ1v) is 14.0. The highest BCUT2D eigenvalue weighted by Crippen LogP contribution is 2.32. The van der Waals surface area contributed by atoms with E-state index in [-0.39, 0.29) is 5.82 Å². The molecule has 0 radical (unpaired) electrons. The summed E-state index contributed by atoms with van der Waals surface area (Å²) in [5, 5.41) is 3.31. The monoisotopic (exact) mass is 545 g/mol. The van der Waals surface area contributed by atoms with Gasteiger partial charge in [-0.05, 0) is 82.5 Å². The molecule has 214 valence electrons. The number of aryl methyl sites for hydroxylation is 2. The van der Waals surface area contributed by atoms with Crippen molar-refractivity contribution in [3.8, 4) is 0 Å². The number of aliphatic imine (C=N–C) groups is 1. The quantitative estimate of drug-likeness (QED) is 0.327. The molecule has 0 amide bonds. The van der Waals surface area contributed by atoms with Crippen LogP contribution in [0.2, 0.25) is 0 Å². The van der Waals surface area contributed by atoms with Crippen molar-refractivity contribution in [3.63, 3.8) is 0 Å². The van der Waals surface area contributed by atoms with Crippen LogP contribution in [-0.2, 0) is 0 Å². The van der Waals surface area contributed by atoms with Crippen LogP contribution in [0, 0.1) is 25.6 Å². The number of nitrogens with zero attached hydrogens (tertiary/aromatic N) is 6. The number of hydrogen-bond donors (Lipinski definition) is 1. The van der Waals surface area contributed by atoms with Crippen molar-refractivity contribution in [2.45, 2.75) is 55.4 Å². The predicted molar refractivity (Wildman–Crippen MR) is 167 cm³/mol. The standard InChI is InChI=1S/C28H34FN7.C4H10/c1-7-23(21-14-19(4)27(25(29)15-21)32-18(2)3)24-17-31-28(33-20(24)5)34-22-8-9-30-26(16-22)36-12-10-35(6)11-13-36;1-4(2)3/h7-9,14-17H,10-13H2,1-6H3,(H,30,31,33,34);4H,1-3H3/b23-7-;. The SMILES string of the molecule is C/C=C(/c1cc(C)c(N=C(C)C)c(F)c1)c1cnc(Nc2ccnc(N3CCN(C)CC3)c2)nc1C.CC(C)C. The van der Waals surface area contributed by atoms with E-state index in [2.05, 4.69) is 57.9 Å². The van der Waals surface area contributed by atoms with Crippen molar-refractivity contribution in [1.82, 2.24) is 19.9 Å². The summed E-state index contributed by atoms with van der Waals surface area (Å²) in [6.45, 7) is 19.9. The Kier molecular flexibility index (Phi) is 10.9. The van der Waals surface area contributed by atoms with Crippen LogP contribution in [0.3, 0.4) is 0 Å². The molecule has 1 fully saturated rings. The van der Waals surface area contributed by atoms with Gasteiger partial charge in [-0.25, -0.2) is 19.3 Å². The zero-order valence-corrected chi connectivity index (χ0v) is 25.5. The van der Waals surface area contributed by atoms with Gasteiger partial charge in [-0.2, -0.15) is 0 Å². The highest BCUT2D eigenvalue weighted by molar-refractivity contribution is 5.84. The molecule has 2 aromatic heterocycles. The third-order valence-corrected chi connectivity index (χ3v) is 6.29. The van der Waals surface area contributed by atoms with Gasteiger partial charge in [0.15, 0.2) is 0 Å². The summed E-state index contributed by atoms with van der Waals surface area (Å²) >= 11 is 0. The maximum absolute atomic E-state index is 14.9. The predicted octanol–water partition coefficient (Wildman–Crippen LogP) is 7.35. The van der Waals surface area contributed by atoms with E-state index in [1.807, 2.05) is 58.9 Å². The summed E-state index contributed by atoms with van der Waals surface area (Å²) in [6.07, 6.45) is 5.56. The number of rotatable bonds is 6. The maximum Gasteiger partial charge on any atom is 0.227 e. The second-order valence-corrected chi connectivity index (χ2v) is 11.1. The molecule has 3 aromatic rings. The summed E-state index contributed by atoms with van der Waals surface area (Å²) < 4.78 is 14.9. The molecule has 0 atom stereocenters. The zero-order valence-electron chi connectivity index (χ0n) is 25.5. The van der Waals surface area contributed by atoms with Gasteiger partial charge < -0.3 is 15.1 Å². The molecule has 1 aliphatic rings. The van der Waals surface area contributed by atoms with Gasteiger partial charge in [0.25, 0.3) is 0 Å². The molecule has 8 heteroatoms. The lowest BCUT2D eigenvalue weighted by Crippen LogP contribution is -2.44. The molecule has 1 aliphatic heterocycles. The molecule has 1 N–H and O–H groups in total. The normalized spacial score (nSPS) is 14.1.